The van der Waals surface area contributed by atoms with Gasteiger partial charge in [0.05, 0.1) is 16.8 Å². The molecule has 41 heavy (non-hydrogen) atoms. The minimum Gasteiger partial charge on any atom is -0.550 e. The molecule has 1 saturated carbocycles. The number of aliphatic hydroxyl groups is 1. The molecule has 212 valence electrons. The lowest BCUT2D eigenvalue weighted by molar-refractivity contribution is -0.307. The molecule has 0 radical (unpaired) electrons. The average molecular weight is 585 g/mol. The summed E-state index contributed by atoms with van der Waals surface area (Å²) in [7, 11) is 0. The molecule has 1 fully saturated rings. The molecule has 0 amide bonds. The highest BCUT2D eigenvalue weighted by atomic mass is 35.5. The summed E-state index contributed by atoms with van der Waals surface area (Å²) in [6.45, 7) is 3.65. The van der Waals surface area contributed by atoms with E-state index in [2.05, 4.69) is 36.4 Å². The Hall–Kier alpha value is -3.12. The van der Waals surface area contributed by atoms with Gasteiger partial charge in [-0.3, -0.25) is 0 Å². The Labute approximate surface area is 251 Å². The van der Waals surface area contributed by atoms with Gasteiger partial charge in [-0.25, -0.2) is 4.98 Å². The van der Waals surface area contributed by atoms with Crippen LogP contribution in [0.3, 0.4) is 0 Å². The normalized spacial score (nSPS) is 15.3. The molecule has 1 atom stereocenters. The summed E-state index contributed by atoms with van der Waals surface area (Å²) in [5.41, 5.74) is 5.03. The first-order valence-corrected chi connectivity index (χ1v) is 15.5. The molecular weight excluding hydrogens is 550 g/mol. The Morgan fingerprint density at radius 1 is 1.07 bits per heavy atom. The fourth-order valence-corrected chi connectivity index (χ4v) is 7.08. The molecule has 0 bridgehead atoms. The maximum atomic E-state index is 11.4. The third-order valence-corrected chi connectivity index (χ3v) is 9.75. The molecular formula is C35H35ClNO3S-. The molecule has 0 spiro atoms. The Balaban J connectivity index is 1.37. The van der Waals surface area contributed by atoms with Crippen molar-refractivity contribution in [2.75, 3.05) is 5.75 Å². The van der Waals surface area contributed by atoms with Gasteiger partial charge in [-0.05, 0) is 104 Å². The number of hydrogen-bond donors (Lipinski definition) is 1. The first-order chi connectivity index (χ1) is 19.6. The van der Waals surface area contributed by atoms with Crippen LogP contribution < -0.4 is 5.11 Å². The van der Waals surface area contributed by atoms with Crippen LogP contribution in [0, 0.1) is 5.41 Å². The number of thioether (sulfide) groups is 1. The van der Waals surface area contributed by atoms with Crippen molar-refractivity contribution in [1.29, 1.82) is 0 Å². The largest absolute Gasteiger partial charge is 0.550 e. The van der Waals surface area contributed by atoms with Crippen molar-refractivity contribution in [1.82, 2.24) is 4.98 Å². The number of pyridine rings is 1. The second-order valence-electron chi connectivity index (χ2n) is 11.7. The van der Waals surface area contributed by atoms with E-state index in [-0.39, 0.29) is 17.1 Å². The second-order valence-corrected chi connectivity index (χ2v) is 13.3. The number of rotatable bonds is 12. The lowest BCUT2D eigenvalue weighted by Crippen LogP contribution is -2.26. The van der Waals surface area contributed by atoms with Gasteiger partial charge in [-0.15, -0.1) is 0 Å². The van der Waals surface area contributed by atoms with Crippen LogP contribution in [0.15, 0.2) is 78.9 Å². The summed E-state index contributed by atoms with van der Waals surface area (Å²) in [5, 5.41) is 24.0. The highest BCUT2D eigenvalue weighted by molar-refractivity contribution is 7.99. The summed E-state index contributed by atoms with van der Waals surface area (Å²) in [6, 6.07) is 26.4. The van der Waals surface area contributed by atoms with Crippen molar-refractivity contribution >= 4 is 52.4 Å². The quantitative estimate of drug-likeness (QED) is 0.185. The number of benzene rings is 3. The number of carbonyl (C=O) groups excluding carboxylic acids is 1. The number of hydrogen-bond acceptors (Lipinski definition) is 5. The fourth-order valence-electron chi connectivity index (χ4n) is 5.34. The smallest absolute Gasteiger partial charge is 0.0843 e. The number of nitrogens with zero attached hydrogens (tertiary/aromatic N) is 1. The maximum absolute atomic E-state index is 11.4. The molecule has 1 aliphatic rings. The van der Waals surface area contributed by atoms with Gasteiger partial charge in [-0.1, -0.05) is 78.3 Å². The molecule has 0 aliphatic heterocycles. The molecule has 4 nitrogen and oxygen atoms in total. The van der Waals surface area contributed by atoms with Gasteiger partial charge >= 0.3 is 0 Å². The summed E-state index contributed by atoms with van der Waals surface area (Å²) < 4.78 is 0. The molecule has 1 aliphatic carbocycles. The maximum Gasteiger partial charge on any atom is 0.0843 e. The minimum absolute atomic E-state index is 0.126. The predicted octanol–water partition coefficient (Wildman–Crippen LogP) is 7.61. The molecule has 5 rings (SSSR count). The van der Waals surface area contributed by atoms with Gasteiger partial charge in [0.15, 0.2) is 0 Å². The Morgan fingerprint density at radius 2 is 1.85 bits per heavy atom. The van der Waals surface area contributed by atoms with Crippen molar-refractivity contribution in [3.8, 4) is 0 Å². The first-order valence-electron chi connectivity index (χ1n) is 14.1. The molecule has 4 aromatic rings. The zero-order chi connectivity index (χ0) is 29.0. The summed E-state index contributed by atoms with van der Waals surface area (Å²) >= 11 is 8.01. The highest BCUT2D eigenvalue weighted by Gasteiger charge is 2.42. The van der Waals surface area contributed by atoms with Crippen LogP contribution in [-0.2, 0) is 16.8 Å². The second kappa shape index (κ2) is 12.4. The van der Waals surface area contributed by atoms with E-state index in [4.69, 9.17) is 16.6 Å². The lowest BCUT2D eigenvalue weighted by atomic mass is 9.90. The van der Waals surface area contributed by atoms with E-state index >= 15 is 0 Å². The van der Waals surface area contributed by atoms with Gasteiger partial charge < -0.3 is 15.0 Å². The lowest BCUT2D eigenvalue weighted by Gasteiger charge is -2.24. The third kappa shape index (κ3) is 7.79. The molecule has 0 saturated heterocycles. The van der Waals surface area contributed by atoms with E-state index in [1.807, 2.05) is 80.2 Å². The molecule has 1 heterocycles. The number of carbonyl (C=O) groups is 1. The number of aromatic nitrogens is 1. The van der Waals surface area contributed by atoms with Crippen molar-refractivity contribution in [3.63, 3.8) is 0 Å². The monoisotopic (exact) mass is 584 g/mol. The SMILES string of the molecule is CC(C)(O)c1ccccc1CC[C@H](SCC1(CC(=O)[O-])CC1)c1cccc(/C=C/c2ccc3ccc(Cl)cc3n2)c1. The van der Waals surface area contributed by atoms with E-state index in [1.54, 1.807) is 0 Å². The molecule has 1 aromatic heterocycles. The molecule has 0 unspecified atom stereocenters. The van der Waals surface area contributed by atoms with Crippen LogP contribution >= 0.6 is 23.4 Å². The minimum atomic E-state index is -0.963. The summed E-state index contributed by atoms with van der Waals surface area (Å²) in [4.78, 5) is 16.1. The standard InChI is InChI=1S/C35H36ClNO3S/c1-34(2,40)30-9-4-3-7-25(30)13-17-32(41-23-35(18-19-35)22-33(38)39)27-8-5-6-24(20-27)10-15-29-16-12-26-11-14-28(36)21-31(26)37-29/h3-12,14-16,20-21,32,40H,13,17-19,22-23H2,1-2H3,(H,38,39)/p-1/b15-10+/t32-/m0/s1. The van der Waals surface area contributed by atoms with E-state index in [0.29, 0.717) is 5.02 Å². The van der Waals surface area contributed by atoms with Crippen LogP contribution in [0.5, 0.6) is 0 Å². The van der Waals surface area contributed by atoms with Crippen LogP contribution in [0.4, 0.5) is 0 Å². The summed E-state index contributed by atoms with van der Waals surface area (Å²) in [5.74, 6) is -0.168. The van der Waals surface area contributed by atoms with Gasteiger partial charge in [0.2, 0.25) is 0 Å². The zero-order valence-electron chi connectivity index (χ0n) is 23.5. The van der Waals surface area contributed by atoms with E-state index in [1.165, 1.54) is 5.56 Å². The Kier molecular flexibility index (Phi) is 8.88. The van der Waals surface area contributed by atoms with Gasteiger partial charge in [-0.2, -0.15) is 11.8 Å². The summed E-state index contributed by atoms with van der Waals surface area (Å²) in [6.07, 6.45) is 7.78. The zero-order valence-corrected chi connectivity index (χ0v) is 25.0. The van der Waals surface area contributed by atoms with Gasteiger partial charge in [0.25, 0.3) is 0 Å². The predicted molar refractivity (Wildman–Crippen MR) is 169 cm³/mol. The molecule has 3 aromatic carbocycles. The highest BCUT2D eigenvalue weighted by Crippen LogP contribution is 2.53. The fraction of sp³-hybridized carbons (Fsp3) is 0.314. The van der Waals surface area contributed by atoms with E-state index in [0.717, 1.165) is 64.7 Å². The van der Waals surface area contributed by atoms with Crippen LogP contribution in [-0.4, -0.2) is 21.8 Å². The number of fused-ring (bicyclic) bond motifs is 1. The topological polar surface area (TPSA) is 73.2 Å². The number of aliphatic carboxylic acids is 1. The first kappa shape index (κ1) is 29.4. The van der Waals surface area contributed by atoms with Crippen LogP contribution in [0.25, 0.3) is 23.1 Å². The molecule has 1 N–H and O–H groups in total. The van der Waals surface area contributed by atoms with E-state index < -0.39 is 11.6 Å². The number of aryl methyl sites for hydroxylation is 1. The Bertz CT molecular complexity index is 1570. The van der Waals surface area contributed by atoms with Crippen molar-refractivity contribution < 1.29 is 15.0 Å². The van der Waals surface area contributed by atoms with Crippen molar-refractivity contribution in [2.24, 2.45) is 5.41 Å². The third-order valence-electron chi connectivity index (χ3n) is 7.82. The Morgan fingerprint density at radius 3 is 2.61 bits per heavy atom. The number of carboxylic acids is 1. The van der Waals surface area contributed by atoms with E-state index in [9.17, 15) is 15.0 Å². The number of carboxylic acid groups (broad SMARTS) is 1. The molecule has 6 heteroatoms. The van der Waals surface area contributed by atoms with Gasteiger partial charge in [0.1, 0.15) is 0 Å². The average Bonchev–Trinajstić information content (AvgIpc) is 3.70. The van der Waals surface area contributed by atoms with Crippen LogP contribution in [0.1, 0.15) is 72.7 Å². The van der Waals surface area contributed by atoms with Crippen molar-refractivity contribution in [3.05, 3.63) is 112 Å². The van der Waals surface area contributed by atoms with Crippen molar-refractivity contribution in [2.45, 2.75) is 56.8 Å². The number of halogens is 1. The van der Waals surface area contributed by atoms with Crippen LogP contribution in [0.2, 0.25) is 5.02 Å². The van der Waals surface area contributed by atoms with Gasteiger partial charge in [0, 0.05) is 21.6 Å².